The number of aliphatic hydroxyl groups is 1. The number of esters is 1. The highest BCUT2D eigenvalue weighted by atomic mass is 16.7. The van der Waals surface area contributed by atoms with Crippen LogP contribution in [0.25, 0.3) is 0 Å². The van der Waals surface area contributed by atoms with Gasteiger partial charge in [0.05, 0.1) is 23.4 Å². The maximum absolute atomic E-state index is 12.6. The summed E-state index contributed by atoms with van der Waals surface area (Å²) < 4.78 is 31.4. The van der Waals surface area contributed by atoms with Gasteiger partial charge < -0.3 is 33.9 Å². The van der Waals surface area contributed by atoms with Crippen LogP contribution in [0.4, 0.5) is 0 Å². The van der Waals surface area contributed by atoms with Crippen LogP contribution in [0.1, 0.15) is 61.7 Å². The van der Waals surface area contributed by atoms with Crippen molar-refractivity contribution in [3.05, 3.63) is 46.5 Å². The van der Waals surface area contributed by atoms with Crippen molar-refractivity contribution in [3.8, 4) is 0 Å². The minimum Gasteiger partial charge on any atom is -0.478 e. The van der Waals surface area contributed by atoms with Gasteiger partial charge >= 0.3 is 11.9 Å². The zero-order chi connectivity index (χ0) is 26.4. The number of carboxylic acids is 1. The third kappa shape index (κ3) is 2.43. The van der Waals surface area contributed by atoms with Gasteiger partial charge in [-0.1, -0.05) is 26.0 Å². The number of benzene rings is 1. The minimum atomic E-state index is -1.03. The molecule has 1 aromatic rings. The molecule has 8 rings (SSSR count). The van der Waals surface area contributed by atoms with Gasteiger partial charge in [0.15, 0.2) is 6.29 Å². The van der Waals surface area contributed by atoms with E-state index >= 15 is 0 Å². The molecule has 3 saturated carbocycles. The van der Waals surface area contributed by atoms with Crippen molar-refractivity contribution in [3.63, 3.8) is 0 Å². The average molecular weight is 525 g/mol. The van der Waals surface area contributed by atoms with E-state index < -0.39 is 40.6 Å². The van der Waals surface area contributed by atoms with Gasteiger partial charge in [0, 0.05) is 35.5 Å². The fourth-order valence-electron chi connectivity index (χ4n) is 9.39. The summed E-state index contributed by atoms with van der Waals surface area (Å²) in [6.45, 7) is 4.54. The van der Waals surface area contributed by atoms with Crippen molar-refractivity contribution in [2.45, 2.75) is 80.9 Å². The fourth-order valence-corrected chi connectivity index (χ4v) is 9.39. The first-order chi connectivity index (χ1) is 18.2. The van der Waals surface area contributed by atoms with E-state index in [2.05, 4.69) is 13.8 Å². The molecule has 3 heterocycles. The number of epoxide rings is 2. The Balaban J connectivity index is 1.20. The third-order valence-electron chi connectivity index (χ3n) is 11.1. The molecule has 2 saturated heterocycles. The number of carboxylic acid groups (broad SMARTS) is 1. The SMILES string of the molecule is COC(OC1C2(C(C)C)OC2C2CC23C2(O)CCC4=C(COC4=O)C2CC2OC213)c1ccc(C(=O)O)cc1. The topological polar surface area (TPSA) is 127 Å². The molecule has 2 N–H and O–H groups in total. The molecular weight excluding hydrogens is 492 g/mol. The van der Waals surface area contributed by atoms with Crippen LogP contribution >= 0.6 is 0 Å². The predicted octanol–water partition coefficient (Wildman–Crippen LogP) is 2.76. The van der Waals surface area contributed by atoms with Gasteiger partial charge in [-0.15, -0.1) is 0 Å². The Morgan fingerprint density at radius 3 is 2.63 bits per heavy atom. The van der Waals surface area contributed by atoms with Crippen LogP contribution < -0.4 is 0 Å². The number of hydrogen-bond donors (Lipinski definition) is 2. The number of aromatic carboxylic acids is 1. The predicted molar refractivity (Wildman–Crippen MR) is 129 cm³/mol. The van der Waals surface area contributed by atoms with Crippen LogP contribution in [0, 0.1) is 23.2 Å². The lowest BCUT2D eigenvalue weighted by atomic mass is 9.50. The Bertz CT molecular complexity index is 1300. The van der Waals surface area contributed by atoms with E-state index in [-0.39, 0.29) is 48.1 Å². The Morgan fingerprint density at radius 2 is 1.95 bits per heavy atom. The molecule has 38 heavy (non-hydrogen) atoms. The van der Waals surface area contributed by atoms with Crippen molar-refractivity contribution in [2.24, 2.45) is 23.2 Å². The van der Waals surface area contributed by atoms with E-state index in [0.29, 0.717) is 24.8 Å². The molecule has 0 amide bonds. The quantitative estimate of drug-likeness (QED) is 0.328. The molecule has 9 heteroatoms. The van der Waals surface area contributed by atoms with Crippen LogP contribution in [-0.2, 0) is 28.5 Å². The molecule has 10 unspecified atom stereocenters. The van der Waals surface area contributed by atoms with Gasteiger partial charge in [-0.25, -0.2) is 9.59 Å². The summed E-state index contributed by atoms with van der Waals surface area (Å²) in [5.74, 6) is -1.09. The summed E-state index contributed by atoms with van der Waals surface area (Å²) in [7, 11) is 1.57. The van der Waals surface area contributed by atoms with Crippen LogP contribution in [0.3, 0.4) is 0 Å². The van der Waals surface area contributed by atoms with Crippen molar-refractivity contribution in [1.29, 1.82) is 0 Å². The van der Waals surface area contributed by atoms with Gasteiger partial charge in [-0.3, -0.25) is 0 Å². The van der Waals surface area contributed by atoms with E-state index in [0.717, 1.165) is 17.6 Å². The number of rotatable bonds is 6. The first-order valence-corrected chi connectivity index (χ1v) is 13.6. The lowest BCUT2D eigenvalue weighted by molar-refractivity contribution is -0.233. The average Bonchev–Trinajstić information content (AvgIpc) is 3.80. The molecule has 4 aliphatic carbocycles. The first kappa shape index (κ1) is 23.6. The third-order valence-corrected chi connectivity index (χ3v) is 11.1. The van der Waals surface area contributed by atoms with Crippen molar-refractivity contribution >= 4 is 11.9 Å². The standard InChI is InChI=1S/C29H32O9/c1-13(2)28-21(38-28)19-11-26(19)27(33)9-8-16-17(12-35-23(16)32)18(27)10-20-29(26,37-20)25(28)36-24(34-3)15-6-4-14(5-7-15)22(30)31/h4-7,13,18-21,24-25,33H,8-12H2,1-3H3,(H,30,31). The van der Waals surface area contributed by atoms with Crippen LogP contribution in [0.5, 0.6) is 0 Å². The highest BCUT2D eigenvalue weighted by molar-refractivity contribution is 5.92. The summed E-state index contributed by atoms with van der Waals surface area (Å²) in [6.07, 6.45) is 1.02. The Morgan fingerprint density at radius 1 is 1.18 bits per heavy atom. The highest BCUT2D eigenvalue weighted by Gasteiger charge is 2.99. The number of methoxy groups -OCH3 is 1. The second-order valence-corrected chi connectivity index (χ2v) is 12.5. The summed E-state index contributed by atoms with van der Waals surface area (Å²) in [5.41, 5.74) is -0.214. The second kappa shape index (κ2) is 7.06. The van der Waals surface area contributed by atoms with Crippen molar-refractivity contribution in [1.82, 2.24) is 0 Å². The van der Waals surface area contributed by atoms with Crippen molar-refractivity contribution < 1.29 is 43.5 Å². The molecule has 2 spiro atoms. The maximum Gasteiger partial charge on any atom is 0.335 e. The van der Waals surface area contributed by atoms with Crippen LogP contribution in [-0.4, -0.2) is 71.0 Å². The maximum atomic E-state index is 12.6. The smallest absolute Gasteiger partial charge is 0.335 e. The lowest BCUT2D eigenvalue weighted by Crippen LogP contribution is -2.69. The number of hydrogen-bond acceptors (Lipinski definition) is 8. The molecule has 5 fully saturated rings. The van der Waals surface area contributed by atoms with Gasteiger partial charge in [0.25, 0.3) is 0 Å². The number of carbonyl (C=O) groups is 2. The van der Waals surface area contributed by atoms with E-state index in [9.17, 15) is 19.8 Å². The number of carbonyl (C=O) groups excluding carboxylic acids is 1. The largest absolute Gasteiger partial charge is 0.478 e. The minimum absolute atomic E-state index is 0.0468. The van der Waals surface area contributed by atoms with Gasteiger partial charge in [-0.2, -0.15) is 0 Å². The molecular formula is C29H32O9. The van der Waals surface area contributed by atoms with Crippen LogP contribution in [0.15, 0.2) is 35.4 Å². The molecule has 0 radical (unpaired) electrons. The van der Waals surface area contributed by atoms with Gasteiger partial charge in [0.2, 0.25) is 0 Å². The summed E-state index contributed by atoms with van der Waals surface area (Å²) in [4.78, 5) is 23.7. The lowest BCUT2D eigenvalue weighted by Gasteiger charge is -2.55. The monoisotopic (exact) mass is 524 g/mol. The Labute approximate surface area is 220 Å². The van der Waals surface area contributed by atoms with Crippen LogP contribution in [0.2, 0.25) is 0 Å². The summed E-state index contributed by atoms with van der Waals surface area (Å²) in [6, 6.07) is 6.51. The zero-order valence-corrected chi connectivity index (χ0v) is 21.6. The number of cyclic esters (lactones) is 1. The molecule has 0 bridgehead atoms. The van der Waals surface area contributed by atoms with Gasteiger partial charge in [-0.05, 0) is 49.3 Å². The van der Waals surface area contributed by atoms with Gasteiger partial charge in [0.1, 0.15) is 23.9 Å². The fraction of sp³-hybridized carbons (Fsp3) is 0.655. The Kier molecular flexibility index (Phi) is 4.38. The zero-order valence-electron chi connectivity index (χ0n) is 21.6. The Hall–Kier alpha value is -2.30. The van der Waals surface area contributed by atoms with Crippen molar-refractivity contribution in [2.75, 3.05) is 13.7 Å². The van der Waals surface area contributed by atoms with E-state index in [1.54, 1.807) is 31.4 Å². The highest BCUT2D eigenvalue weighted by Crippen LogP contribution is 2.88. The molecule has 3 aliphatic heterocycles. The molecule has 1 aromatic carbocycles. The first-order valence-electron chi connectivity index (χ1n) is 13.6. The molecule has 202 valence electrons. The normalized spacial score (nSPS) is 47.6. The van der Waals surface area contributed by atoms with E-state index in [1.807, 2.05) is 0 Å². The molecule has 10 atom stereocenters. The summed E-state index contributed by atoms with van der Waals surface area (Å²) in [5, 5.41) is 21.9. The number of ether oxygens (including phenoxy) is 5. The summed E-state index contributed by atoms with van der Waals surface area (Å²) >= 11 is 0. The van der Waals surface area contributed by atoms with E-state index in [4.69, 9.17) is 23.7 Å². The second-order valence-electron chi connectivity index (χ2n) is 12.5. The molecule has 9 nitrogen and oxygen atoms in total. The van der Waals surface area contributed by atoms with E-state index in [1.165, 1.54) is 0 Å². The number of fused-ring (bicyclic) bond motifs is 4. The molecule has 7 aliphatic rings. The molecule has 0 aromatic heterocycles.